The van der Waals surface area contributed by atoms with Gasteiger partial charge in [0.2, 0.25) is 11.7 Å². The van der Waals surface area contributed by atoms with E-state index < -0.39 is 10.0 Å². The van der Waals surface area contributed by atoms with E-state index in [-0.39, 0.29) is 28.4 Å². The molecule has 1 amide bonds. The van der Waals surface area contributed by atoms with E-state index in [0.717, 1.165) is 24.1 Å². The lowest BCUT2D eigenvalue weighted by molar-refractivity contribution is -0.120. The highest BCUT2D eigenvalue weighted by Crippen LogP contribution is 2.42. The highest BCUT2D eigenvalue weighted by atomic mass is 32.2. The monoisotopic (exact) mass is 446 g/mol. The summed E-state index contributed by atoms with van der Waals surface area (Å²) in [7, 11) is 0.539. The zero-order chi connectivity index (χ0) is 22.3. The van der Waals surface area contributed by atoms with Gasteiger partial charge in [0.15, 0.2) is 11.5 Å². The van der Waals surface area contributed by atoms with Crippen LogP contribution < -0.4 is 23.8 Å². The highest BCUT2D eigenvalue weighted by Gasteiger charge is 2.39. The Balaban J connectivity index is 1.63. The van der Waals surface area contributed by atoms with Gasteiger partial charge in [0.25, 0.3) is 10.0 Å². The molecule has 0 radical (unpaired) electrons. The number of benzene rings is 2. The van der Waals surface area contributed by atoms with Crippen molar-refractivity contribution in [2.45, 2.75) is 37.1 Å². The minimum absolute atomic E-state index is 0.0177. The molecule has 1 saturated carbocycles. The third-order valence-electron chi connectivity index (χ3n) is 5.66. The zero-order valence-electron chi connectivity index (χ0n) is 18.0. The lowest BCUT2D eigenvalue weighted by atomic mass is 10.1. The maximum absolute atomic E-state index is 13.1. The number of methoxy groups -OCH3 is 3. The number of hydrogen-bond donors (Lipinski definition) is 1. The van der Waals surface area contributed by atoms with Crippen molar-refractivity contribution < 1.29 is 27.4 Å². The molecule has 0 saturated heterocycles. The summed E-state index contributed by atoms with van der Waals surface area (Å²) < 4.78 is 44.6. The topological polar surface area (TPSA) is 94.2 Å². The second-order valence-corrected chi connectivity index (χ2v) is 9.53. The van der Waals surface area contributed by atoms with Gasteiger partial charge in [-0.15, -0.1) is 0 Å². The Morgan fingerprint density at radius 1 is 1.03 bits per heavy atom. The number of rotatable bonds is 7. The number of hydrogen-bond acceptors (Lipinski definition) is 6. The molecule has 9 heteroatoms. The summed E-state index contributed by atoms with van der Waals surface area (Å²) in [5, 5.41) is 0. The Morgan fingerprint density at radius 3 is 2.23 bits per heavy atom. The van der Waals surface area contributed by atoms with E-state index in [4.69, 9.17) is 14.2 Å². The van der Waals surface area contributed by atoms with Crippen LogP contribution in [-0.2, 0) is 21.2 Å². The Labute approximate surface area is 182 Å². The molecule has 1 N–H and O–H groups in total. The largest absolute Gasteiger partial charge is 0.493 e. The average Bonchev–Trinajstić information content (AvgIpc) is 3.54. The van der Waals surface area contributed by atoms with Crippen molar-refractivity contribution in [1.82, 2.24) is 0 Å². The van der Waals surface area contributed by atoms with Crippen LogP contribution in [0, 0.1) is 5.92 Å². The van der Waals surface area contributed by atoms with Gasteiger partial charge >= 0.3 is 0 Å². The van der Waals surface area contributed by atoms with Gasteiger partial charge in [0, 0.05) is 29.8 Å². The lowest BCUT2D eigenvalue weighted by Gasteiger charge is -2.22. The molecular weight excluding hydrogens is 420 g/mol. The van der Waals surface area contributed by atoms with Crippen LogP contribution in [0.1, 0.15) is 25.3 Å². The van der Waals surface area contributed by atoms with E-state index in [0.29, 0.717) is 23.7 Å². The zero-order valence-corrected chi connectivity index (χ0v) is 18.8. The normalized spacial score (nSPS) is 17.8. The van der Waals surface area contributed by atoms with Crippen molar-refractivity contribution in [3.8, 4) is 17.2 Å². The molecule has 1 atom stereocenters. The van der Waals surface area contributed by atoms with E-state index in [1.165, 1.54) is 39.5 Å². The molecule has 166 valence electrons. The molecule has 2 aliphatic rings. The molecule has 0 spiro atoms. The van der Waals surface area contributed by atoms with Crippen LogP contribution in [0.15, 0.2) is 35.2 Å². The van der Waals surface area contributed by atoms with Crippen LogP contribution in [0.25, 0.3) is 0 Å². The van der Waals surface area contributed by atoms with E-state index in [2.05, 4.69) is 4.72 Å². The van der Waals surface area contributed by atoms with Gasteiger partial charge in [0.05, 0.1) is 31.9 Å². The fourth-order valence-corrected chi connectivity index (χ4v) is 5.08. The minimum atomic E-state index is -3.87. The first-order chi connectivity index (χ1) is 14.8. The molecule has 1 aliphatic heterocycles. The summed E-state index contributed by atoms with van der Waals surface area (Å²) >= 11 is 0. The number of nitrogens with one attached hydrogen (secondary N) is 1. The number of ether oxygens (including phenoxy) is 3. The Morgan fingerprint density at radius 2 is 1.68 bits per heavy atom. The van der Waals surface area contributed by atoms with Gasteiger partial charge in [-0.2, -0.15) is 0 Å². The fraction of sp³-hybridized carbons (Fsp3) is 0.409. The third-order valence-corrected chi connectivity index (χ3v) is 7.04. The standard InChI is InChI=1S/C22H26N2O6S/c1-13-9-15-10-17(7-8-18(15)24(13)22(25)14-5-6-14)31(26,27)23-16-11-19(28-2)21(30-4)20(12-16)29-3/h7-8,10-14,23H,5-6,9H2,1-4H3. The molecule has 2 aromatic rings. The number of anilines is 2. The summed E-state index contributed by atoms with van der Waals surface area (Å²) in [6.07, 6.45) is 2.49. The number of carbonyl (C=O) groups excluding carboxylic acids is 1. The van der Waals surface area contributed by atoms with Crippen LogP contribution in [-0.4, -0.2) is 41.7 Å². The first-order valence-corrected chi connectivity index (χ1v) is 11.6. The van der Waals surface area contributed by atoms with Crippen molar-refractivity contribution in [1.29, 1.82) is 0 Å². The second kappa shape index (κ2) is 7.96. The van der Waals surface area contributed by atoms with Crippen LogP contribution in [0.3, 0.4) is 0 Å². The maximum Gasteiger partial charge on any atom is 0.261 e. The second-order valence-electron chi connectivity index (χ2n) is 7.85. The first kappa shape index (κ1) is 21.3. The maximum atomic E-state index is 13.1. The number of sulfonamides is 1. The van der Waals surface area contributed by atoms with Crippen molar-refractivity contribution in [2.24, 2.45) is 5.92 Å². The lowest BCUT2D eigenvalue weighted by Crippen LogP contribution is -2.36. The van der Waals surface area contributed by atoms with Gasteiger partial charge in [-0.1, -0.05) is 0 Å². The minimum Gasteiger partial charge on any atom is -0.493 e. The van der Waals surface area contributed by atoms with Crippen LogP contribution in [0.5, 0.6) is 17.2 Å². The molecule has 2 aromatic carbocycles. The number of amides is 1. The molecule has 1 fully saturated rings. The summed E-state index contributed by atoms with van der Waals surface area (Å²) in [6, 6.07) is 7.98. The van der Waals surface area contributed by atoms with Crippen molar-refractivity contribution >= 4 is 27.3 Å². The van der Waals surface area contributed by atoms with Crippen molar-refractivity contribution in [3.05, 3.63) is 35.9 Å². The average molecular weight is 447 g/mol. The van der Waals surface area contributed by atoms with Gasteiger partial charge in [-0.25, -0.2) is 8.42 Å². The predicted octanol–water partition coefficient (Wildman–Crippen LogP) is 3.20. The molecule has 1 unspecified atom stereocenters. The smallest absolute Gasteiger partial charge is 0.261 e. The fourth-order valence-electron chi connectivity index (χ4n) is 3.99. The summed E-state index contributed by atoms with van der Waals surface area (Å²) in [5.41, 5.74) is 1.94. The van der Waals surface area contributed by atoms with Crippen LogP contribution in [0.4, 0.5) is 11.4 Å². The molecule has 8 nitrogen and oxygen atoms in total. The third kappa shape index (κ3) is 3.89. The quantitative estimate of drug-likeness (QED) is 0.702. The van der Waals surface area contributed by atoms with Gasteiger partial charge in [0.1, 0.15) is 0 Å². The summed E-state index contributed by atoms with van der Waals surface area (Å²) in [6.45, 7) is 1.99. The van der Waals surface area contributed by atoms with E-state index in [1.807, 2.05) is 11.8 Å². The Hall–Kier alpha value is -2.94. The summed E-state index contributed by atoms with van der Waals surface area (Å²) in [5.74, 6) is 1.31. The summed E-state index contributed by atoms with van der Waals surface area (Å²) in [4.78, 5) is 14.6. The van der Waals surface area contributed by atoms with Gasteiger partial charge < -0.3 is 19.1 Å². The van der Waals surface area contributed by atoms with Crippen LogP contribution >= 0.6 is 0 Å². The van der Waals surface area contributed by atoms with Crippen LogP contribution in [0.2, 0.25) is 0 Å². The van der Waals surface area contributed by atoms with Gasteiger partial charge in [-0.05, 0) is 49.9 Å². The SMILES string of the molecule is COc1cc(NS(=O)(=O)c2ccc3c(c2)CC(C)N3C(=O)C2CC2)cc(OC)c1OC. The van der Waals surface area contributed by atoms with Crippen molar-refractivity contribution in [2.75, 3.05) is 31.0 Å². The Kier molecular flexibility index (Phi) is 5.47. The molecule has 0 bridgehead atoms. The predicted molar refractivity (Wildman–Crippen MR) is 117 cm³/mol. The molecule has 4 rings (SSSR count). The molecule has 1 heterocycles. The van der Waals surface area contributed by atoms with Crippen molar-refractivity contribution in [3.63, 3.8) is 0 Å². The molecule has 31 heavy (non-hydrogen) atoms. The number of carbonyl (C=O) groups is 1. The van der Waals surface area contributed by atoms with E-state index in [9.17, 15) is 13.2 Å². The van der Waals surface area contributed by atoms with E-state index in [1.54, 1.807) is 12.1 Å². The first-order valence-electron chi connectivity index (χ1n) is 10.1. The highest BCUT2D eigenvalue weighted by molar-refractivity contribution is 7.92. The Bertz CT molecular complexity index is 1100. The van der Waals surface area contributed by atoms with Gasteiger partial charge in [-0.3, -0.25) is 9.52 Å². The number of fused-ring (bicyclic) bond motifs is 1. The van der Waals surface area contributed by atoms with E-state index >= 15 is 0 Å². The number of nitrogens with zero attached hydrogens (tertiary/aromatic N) is 1. The molecule has 1 aliphatic carbocycles. The molecule has 0 aromatic heterocycles. The molecular formula is C22H26N2O6S.